The van der Waals surface area contributed by atoms with Crippen LogP contribution in [0.2, 0.25) is 0 Å². The maximum Gasteiger partial charge on any atom is 0.124 e. The average Bonchev–Trinajstić information content (AvgIpc) is 2.54. The first-order valence-electron chi connectivity index (χ1n) is 8.78. The van der Waals surface area contributed by atoms with Gasteiger partial charge in [0.15, 0.2) is 0 Å². The lowest BCUT2D eigenvalue weighted by Crippen LogP contribution is -2.46. The van der Waals surface area contributed by atoms with Gasteiger partial charge in [-0.1, -0.05) is 33.3 Å². The number of rotatable bonds is 7. The van der Waals surface area contributed by atoms with Crippen molar-refractivity contribution in [3.8, 4) is 5.75 Å². The third kappa shape index (κ3) is 4.64. The first-order valence-corrected chi connectivity index (χ1v) is 8.78. The van der Waals surface area contributed by atoms with Crippen molar-refractivity contribution >= 4 is 5.69 Å². The van der Waals surface area contributed by atoms with E-state index in [9.17, 15) is 0 Å². The Morgan fingerprint density at radius 2 is 1.86 bits per heavy atom. The average molecular weight is 304 g/mol. The Morgan fingerprint density at radius 1 is 1.14 bits per heavy atom. The van der Waals surface area contributed by atoms with Crippen LogP contribution in [0, 0.1) is 5.92 Å². The Morgan fingerprint density at radius 3 is 2.45 bits per heavy atom. The third-order valence-electron chi connectivity index (χ3n) is 4.55. The van der Waals surface area contributed by atoms with Crippen LogP contribution in [0.15, 0.2) is 18.2 Å². The maximum absolute atomic E-state index is 5.58. The highest BCUT2D eigenvalue weighted by molar-refractivity contribution is 5.54. The molecule has 0 aliphatic carbocycles. The van der Waals surface area contributed by atoms with Crippen molar-refractivity contribution < 1.29 is 4.74 Å². The van der Waals surface area contributed by atoms with Gasteiger partial charge in [0.25, 0.3) is 0 Å². The summed E-state index contributed by atoms with van der Waals surface area (Å²) < 4.78 is 5.58. The predicted octanol–water partition coefficient (Wildman–Crippen LogP) is 3.82. The van der Waals surface area contributed by atoms with Gasteiger partial charge in [0.1, 0.15) is 5.75 Å². The second kappa shape index (κ2) is 8.42. The molecule has 2 rings (SSSR count). The van der Waals surface area contributed by atoms with Gasteiger partial charge in [-0.25, -0.2) is 0 Å². The number of piperazine rings is 1. The first-order chi connectivity index (χ1) is 10.6. The van der Waals surface area contributed by atoms with Crippen molar-refractivity contribution in [2.45, 2.75) is 40.0 Å². The minimum atomic E-state index is 0.799. The van der Waals surface area contributed by atoms with Crippen LogP contribution < -0.4 is 9.64 Å². The molecule has 1 aliphatic rings. The number of hydrogen-bond acceptors (Lipinski definition) is 3. The van der Waals surface area contributed by atoms with E-state index < -0.39 is 0 Å². The van der Waals surface area contributed by atoms with Gasteiger partial charge < -0.3 is 9.64 Å². The molecule has 1 saturated heterocycles. The molecule has 124 valence electrons. The molecule has 0 aromatic heterocycles. The monoisotopic (exact) mass is 304 g/mol. The SMILES string of the molecule is CCCc1ccc(N2CCN(CCC(C)C)CC2)cc1OC. The molecule has 1 aromatic carbocycles. The smallest absolute Gasteiger partial charge is 0.124 e. The fourth-order valence-corrected chi connectivity index (χ4v) is 3.08. The molecule has 0 amide bonds. The van der Waals surface area contributed by atoms with Crippen LogP contribution in [0.3, 0.4) is 0 Å². The van der Waals surface area contributed by atoms with Crippen molar-refractivity contribution in [1.82, 2.24) is 4.90 Å². The van der Waals surface area contributed by atoms with Crippen LogP contribution in [0.1, 0.15) is 39.2 Å². The molecule has 1 fully saturated rings. The first kappa shape index (κ1) is 17.1. The van der Waals surface area contributed by atoms with Gasteiger partial charge in [0.05, 0.1) is 7.11 Å². The Kier molecular flexibility index (Phi) is 6.56. The number of ether oxygens (including phenoxy) is 1. The molecule has 0 atom stereocenters. The summed E-state index contributed by atoms with van der Waals surface area (Å²) in [5, 5.41) is 0. The van der Waals surface area contributed by atoms with Crippen molar-refractivity contribution in [3.63, 3.8) is 0 Å². The van der Waals surface area contributed by atoms with Gasteiger partial charge in [-0.3, -0.25) is 4.90 Å². The van der Waals surface area contributed by atoms with Gasteiger partial charge in [-0.2, -0.15) is 0 Å². The minimum absolute atomic E-state index is 0.799. The fraction of sp³-hybridized carbons (Fsp3) is 0.684. The van der Waals surface area contributed by atoms with E-state index in [0.29, 0.717) is 0 Å². The molecule has 0 unspecified atom stereocenters. The molecule has 3 nitrogen and oxygen atoms in total. The van der Waals surface area contributed by atoms with Crippen LogP contribution >= 0.6 is 0 Å². The van der Waals surface area contributed by atoms with E-state index in [-0.39, 0.29) is 0 Å². The molecule has 1 aromatic rings. The lowest BCUT2D eigenvalue weighted by atomic mass is 10.1. The highest BCUT2D eigenvalue weighted by atomic mass is 16.5. The molecule has 1 heterocycles. The van der Waals surface area contributed by atoms with Gasteiger partial charge in [0, 0.05) is 37.9 Å². The molecule has 0 bridgehead atoms. The van der Waals surface area contributed by atoms with Crippen LogP contribution in [0.5, 0.6) is 5.75 Å². The summed E-state index contributed by atoms with van der Waals surface area (Å²) >= 11 is 0. The normalized spacial score (nSPS) is 16.3. The van der Waals surface area contributed by atoms with E-state index >= 15 is 0 Å². The van der Waals surface area contributed by atoms with Crippen molar-refractivity contribution in [3.05, 3.63) is 23.8 Å². The number of benzene rings is 1. The van der Waals surface area contributed by atoms with Gasteiger partial charge in [-0.05, 0) is 36.9 Å². The molecule has 0 saturated carbocycles. The lowest BCUT2D eigenvalue weighted by molar-refractivity contribution is 0.243. The topological polar surface area (TPSA) is 15.7 Å². The second-order valence-electron chi connectivity index (χ2n) is 6.76. The summed E-state index contributed by atoms with van der Waals surface area (Å²) in [6.45, 7) is 12.6. The summed E-state index contributed by atoms with van der Waals surface area (Å²) in [4.78, 5) is 5.09. The van der Waals surface area contributed by atoms with Crippen LogP contribution in [0.25, 0.3) is 0 Å². The molecular formula is C19H32N2O. The number of aryl methyl sites for hydroxylation is 1. The Labute approximate surface area is 136 Å². The summed E-state index contributed by atoms with van der Waals surface area (Å²) in [6.07, 6.45) is 3.55. The van der Waals surface area contributed by atoms with E-state index in [1.54, 1.807) is 7.11 Å². The van der Waals surface area contributed by atoms with Crippen LogP contribution in [-0.2, 0) is 6.42 Å². The summed E-state index contributed by atoms with van der Waals surface area (Å²) in [5.74, 6) is 1.84. The van der Waals surface area contributed by atoms with Crippen LogP contribution in [-0.4, -0.2) is 44.7 Å². The van der Waals surface area contributed by atoms with E-state index in [2.05, 4.69) is 48.8 Å². The van der Waals surface area contributed by atoms with Crippen LogP contribution in [0.4, 0.5) is 5.69 Å². The quantitative estimate of drug-likeness (QED) is 0.762. The molecule has 3 heteroatoms. The number of anilines is 1. The third-order valence-corrected chi connectivity index (χ3v) is 4.55. The molecular weight excluding hydrogens is 272 g/mol. The zero-order valence-corrected chi connectivity index (χ0v) is 14.8. The minimum Gasteiger partial charge on any atom is -0.496 e. The van der Waals surface area contributed by atoms with E-state index in [0.717, 1.165) is 37.6 Å². The van der Waals surface area contributed by atoms with E-state index in [1.807, 2.05) is 0 Å². The Balaban J connectivity index is 1.93. The summed E-state index contributed by atoms with van der Waals surface area (Å²) in [5.41, 5.74) is 2.63. The largest absolute Gasteiger partial charge is 0.496 e. The molecule has 0 N–H and O–H groups in total. The molecule has 1 aliphatic heterocycles. The fourth-order valence-electron chi connectivity index (χ4n) is 3.08. The number of methoxy groups -OCH3 is 1. The predicted molar refractivity (Wildman–Crippen MR) is 95.1 cm³/mol. The number of nitrogens with zero attached hydrogens (tertiary/aromatic N) is 2. The highest BCUT2D eigenvalue weighted by Gasteiger charge is 2.18. The van der Waals surface area contributed by atoms with Gasteiger partial charge >= 0.3 is 0 Å². The second-order valence-corrected chi connectivity index (χ2v) is 6.76. The van der Waals surface area contributed by atoms with E-state index in [4.69, 9.17) is 4.74 Å². The molecule has 0 spiro atoms. The van der Waals surface area contributed by atoms with Crippen molar-refractivity contribution in [2.75, 3.05) is 44.7 Å². The highest BCUT2D eigenvalue weighted by Crippen LogP contribution is 2.27. The zero-order chi connectivity index (χ0) is 15.9. The van der Waals surface area contributed by atoms with Crippen molar-refractivity contribution in [1.29, 1.82) is 0 Å². The molecule has 22 heavy (non-hydrogen) atoms. The standard InChI is InChI=1S/C19H32N2O/c1-5-6-17-7-8-18(15-19(17)22-4)21-13-11-20(12-14-21)10-9-16(2)3/h7-8,15-16H,5-6,9-14H2,1-4H3. The lowest BCUT2D eigenvalue weighted by Gasteiger charge is -2.36. The zero-order valence-electron chi connectivity index (χ0n) is 14.8. The summed E-state index contributed by atoms with van der Waals surface area (Å²) in [6, 6.07) is 6.72. The Bertz CT molecular complexity index is 451. The number of hydrogen-bond donors (Lipinski definition) is 0. The van der Waals surface area contributed by atoms with Crippen molar-refractivity contribution in [2.24, 2.45) is 5.92 Å². The van der Waals surface area contributed by atoms with Gasteiger partial charge in [0.2, 0.25) is 0 Å². The maximum atomic E-state index is 5.58. The van der Waals surface area contributed by atoms with E-state index in [1.165, 1.54) is 37.3 Å². The van der Waals surface area contributed by atoms with Gasteiger partial charge in [-0.15, -0.1) is 0 Å². The Hall–Kier alpha value is -1.22. The summed E-state index contributed by atoms with van der Waals surface area (Å²) in [7, 11) is 1.78. The molecule has 0 radical (unpaired) electrons.